The third-order valence-electron chi connectivity index (χ3n) is 8.07. The van der Waals surface area contributed by atoms with Crippen LogP contribution < -0.4 is 9.46 Å². The molecule has 2 fully saturated rings. The first-order valence-electron chi connectivity index (χ1n) is 14.7. The van der Waals surface area contributed by atoms with Crippen LogP contribution in [0.1, 0.15) is 36.8 Å². The second-order valence-electron chi connectivity index (χ2n) is 11.4. The number of alkyl halides is 2. The maximum Gasteiger partial charge on any atom is 0.410 e. The zero-order valence-electron chi connectivity index (χ0n) is 24.8. The molecule has 47 heavy (non-hydrogen) atoms. The Kier molecular flexibility index (Phi) is 10.1. The highest BCUT2D eigenvalue weighted by molar-refractivity contribution is 7.91. The molecule has 0 aromatic heterocycles. The Labute approximate surface area is 267 Å². The summed E-state index contributed by atoms with van der Waals surface area (Å²) < 4.78 is 114. The number of likely N-dealkylation sites (tertiary alicyclic amines) is 1. The second-order valence-corrected chi connectivity index (χ2v) is 13.3. The Bertz CT molecular complexity index is 1740. The Morgan fingerprint density at radius 2 is 1.74 bits per heavy atom. The number of hydrogen-bond donors (Lipinski definition) is 2. The van der Waals surface area contributed by atoms with Crippen molar-refractivity contribution >= 4 is 22.1 Å². The summed E-state index contributed by atoms with van der Waals surface area (Å²) in [4.78, 5) is 25.3. The van der Waals surface area contributed by atoms with Gasteiger partial charge in [-0.15, -0.1) is 0 Å². The largest absolute Gasteiger partial charge is 0.489 e. The molecule has 1 saturated heterocycles. The van der Waals surface area contributed by atoms with E-state index in [0.29, 0.717) is 11.6 Å². The number of carboxylic acids is 1. The number of carbonyl (C=O) groups excluding carboxylic acids is 1. The topological polar surface area (TPSA) is 122 Å². The number of sulfonamides is 1. The van der Waals surface area contributed by atoms with E-state index in [1.54, 1.807) is 30.3 Å². The fourth-order valence-electron chi connectivity index (χ4n) is 5.43. The van der Waals surface area contributed by atoms with Crippen LogP contribution in [0.4, 0.5) is 26.7 Å². The van der Waals surface area contributed by atoms with Crippen molar-refractivity contribution in [3.8, 4) is 16.9 Å². The molecule has 0 unspecified atom stereocenters. The van der Waals surface area contributed by atoms with Gasteiger partial charge in [-0.25, -0.2) is 39.9 Å². The molecule has 15 heteroatoms. The lowest BCUT2D eigenvalue weighted by Gasteiger charge is -2.42. The average molecular weight is 683 g/mol. The van der Waals surface area contributed by atoms with E-state index in [1.807, 2.05) is 0 Å². The highest BCUT2D eigenvalue weighted by Crippen LogP contribution is 2.45. The molecule has 0 radical (unpaired) electrons. The number of hydrogen-bond acceptors (Lipinski definition) is 6. The Balaban J connectivity index is 1.50. The van der Waals surface area contributed by atoms with Gasteiger partial charge in [-0.1, -0.05) is 48.5 Å². The SMILES string of the molecule is O=C(O)CCOc1c(F)cc(F)cc1-c1cccc(C[C@H]2[C@@H](NS(=O)(=O)C3(F)CC3)[C@@H](F)CCN2C(=O)OCc2ccccc2)c1F. The van der Waals surface area contributed by atoms with Gasteiger partial charge in [0.25, 0.3) is 0 Å². The van der Waals surface area contributed by atoms with Gasteiger partial charge in [-0.05, 0) is 30.0 Å². The van der Waals surface area contributed by atoms with Crippen molar-refractivity contribution in [3.63, 3.8) is 0 Å². The zero-order valence-corrected chi connectivity index (χ0v) is 25.6. The maximum atomic E-state index is 16.2. The number of rotatable bonds is 12. The van der Waals surface area contributed by atoms with E-state index in [-0.39, 0.29) is 49.1 Å². The van der Waals surface area contributed by atoms with Gasteiger partial charge in [0, 0.05) is 36.6 Å². The molecule has 252 valence electrons. The molecule has 1 saturated carbocycles. The van der Waals surface area contributed by atoms with Gasteiger partial charge in [-0.2, -0.15) is 0 Å². The van der Waals surface area contributed by atoms with E-state index in [1.165, 1.54) is 18.2 Å². The number of ether oxygens (including phenoxy) is 2. The van der Waals surface area contributed by atoms with Crippen molar-refractivity contribution in [1.29, 1.82) is 0 Å². The number of carbonyl (C=O) groups is 2. The van der Waals surface area contributed by atoms with Crippen molar-refractivity contribution in [2.75, 3.05) is 13.2 Å². The van der Waals surface area contributed by atoms with Gasteiger partial charge in [0.1, 0.15) is 24.4 Å². The van der Waals surface area contributed by atoms with Crippen molar-refractivity contribution in [2.24, 2.45) is 0 Å². The minimum atomic E-state index is -4.71. The molecule has 2 aliphatic rings. The van der Waals surface area contributed by atoms with Crippen LogP contribution in [0.2, 0.25) is 0 Å². The van der Waals surface area contributed by atoms with Crippen molar-refractivity contribution < 1.29 is 54.5 Å². The fourth-order valence-corrected chi connectivity index (χ4v) is 6.94. The van der Waals surface area contributed by atoms with E-state index in [2.05, 4.69) is 4.72 Å². The summed E-state index contributed by atoms with van der Waals surface area (Å²) in [6, 6.07) is 10.5. The minimum absolute atomic E-state index is 0.175. The quantitative estimate of drug-likeness (QED) is 0.237. The number of benzene rings is 3. The first kappa shape index (κ1) is 34.1. The number of nitrogens with zero attached hydrogens (tertiary/aromatic N) is 1. The molecule has 0 spiro atoms. The van der Waals surface area contributed by atoms with Crippen molar-refractivity contribution in [3.05, 3.63) is 89.2 Å². The van der Waals surface area contributed by atoms with E-state index in [9.17, 15) is 31.2 Å². The molecule has 1 heterocycles. The van der Waals surface area contributed by atoms with Gasteiger partial charge >= 0.3 is 12.1 Å². The van der Waals surface area contributed by atoms with Gasteiger partial charge in [-0.3, -0.25) is 4.79 Å². The molecule has 2 N–H and O–H groups in total. The van der Waals surface area contributed by atoms with E-state index in [0.717, 1.165) is 11.0 Å². The molecule has 0 bridgehead atoms. The highest BCUT2D eigenvalue weighted by Gasteiger charge is 2.58. The smallest absolute Gasteiger partial charge is 0.410 e. The van der Waals surface area contributed by atoms with Crippen LogP contribution in [0.15, 0.2) is 60.7 Å². The van der Waals surface area contributed by atoms with E-state index >= 15 is 8.78 Å². The standard InChI is InChI=1S/C32H31F5N2O7S/c33-21-16-23(30(25(35)17-21)45-14-10-27(40)41)22-8-4-7-20(28(22)36)15-26-29(38-47(43,44)32(37)11-12-32)24(34)9-13-39(26)31(42)46-18-19-5-2-1-3-6-19/h1-8,16-17,24,26,29,38H,9-15,18H2,(H,40,41)/t24-,26-,29-/m0/s1. The molecule has 3 atom stereocenters. The summed E-state index contributed by atoms with van der Waals surface area (Å²) in [6.45, 7) is -0.925. The van der Waals surface area contributed by atoms with Crippen LogP contribution in [-0.4, -0.2) is 66.9 Å². The molecule has 3 aromatic rings. The normalized spacial score (nSPS) is 20.4. The Hall–Kier alpha value is -4.24. The third-order valence-corrected chi connectivity index (χ3v) is 10.0. The third kappa shape index (κ3) is 7.67. The maximum absolute atomic E-state index is 16.2. The number of halogens is 5. The highest BCUT2D eigenvalue weighted by atomic mass is 32.2. The van der Waals surface area contributed by atoms with Gasteiger partial charge < -0.3 is 19.5 Å². The average Bonchev–Trinajstić information content (AvgIpc) is 3.79. The van der Waals surface area contributed by atoms with Crippen LogP contribution in [0.3, 0.4) is 0 Å². The monoisotopic (exact) mass is 682 g/mol. The molecule has 1 amide bonds. The molecule has 1 aliphatic carbocycles. The lowest BCUT2D eigenvalue weighted by Crippen LogP contribution is -2.63. The number of carboxylic acid groups (broad SMARTS) is 1. The molecular weight excluding hydrogens is 651 g/mol. The lowest BCUT2D eigenvalue weighted by molar-refractivity contribution is -0.137. The summed E-state index contributed by atoms with van der Waals surface area (Å²) in [5, 5.41) is 6.32. The molecule has 1 aliphatic heterocycles. The second kappa shape index (κ2) is 13.9. The van der Waals surface area contributed by atoms with E-state index < -0.39 is 88.0 Å². The van der Waals surface area contributed by atoms with Crippen LogP contribution in [0, 0.1) is 17.5 Å². The molecule has 3 aromatic carbocycles. The first-order chi connectivity index (χ1) is 22.3. The predicted molar refractivity (Wildman–Crippen MR) is 159 cm³/mol. The van der Waals surface area contributed by atoms with Gasteiger partial charge in [0.2, 0.25) is 15.0 Å². The zero-order chi connectivity index (χ0) is 33.9. The summed E-state index contributed by atoms with van der Waals surface area (Å²) >= 11 is 0. The van der Waals surface area contributed by atoms with E-state index in [4.69, 9.17) is 14.6 Å². The molecular formula is C32H31F5N2O7S. The predicted octanol–water partition coefficient (Wildman–Crippen LogP) is 5.66. The minimum Gasteiger partial charge on any atom is -0.489 e. The van der Waals surface area contributed by atoms with Crippen LogP contribution >= 0.6 is 0 Å². The van der Waals surface area contributed by atoms with Crippen molar-refractivity contribution in [2.45, 2.75) is 62.0 Å². The summed E-state index contributed by atoms with van der Waals surface area (Å²) in [6.07, 6.45) is -4.80. The molecule has 5 rings (SSSR count). The Morgan fingerprint density at radius 3 is 2.43 bits per heavy atom. The van der Waals surface area contributed by atoms with Crippen molar-refractivity contribution in [1.82, 2.24) is 9.62 Å². The summed E-state index contributed by atoms with van der Waals surface area (Å²) in [5.41, 5.74) is -0.321. The number of nitrogens with one attached hydrogen (secondary N) is 1. The Morgan fingerprint density at radius 1 is 1.02 bits per heavy atom. The number of piperidine rings is 1. The van der Waals surface area contributed by atoms with Crippen LogP contribution in [0.25, 0.3) is 11.1 Å². The summed E-state index contributed by atoms with van der Waals surface area (Å²) in [5.74, 6) is -5.21. The van der Waals surface area contributed by atoms with Crippen LogP contribution in [0.5, 0.6) is 5.75 Å². The summed E-state index contributed by atoms with van der Waals surface area (Å²) in [7, 11) is -4.71. The first-order valence-corrected chi connectivity index (χ1v) is 16.2. The number of amides is 1. The number of aliphatic carboxylic acids is 1. The van der Waals surface area contributed by atoms with Gasteiger partial charge in [0.15, 0.2) is 11.6 Å². The van der Waals surface area contributed by atoms with Crippen LogP contribution in [-0.2, 0) is 32.6 Å². The fraction of sp³-hybridized carbons (Fsp3) is 0.375. The van der Waals surface area contributed by atoms with Gasteiger partial charge in [0.05, 0.1) is 25.1 Å². The lowest BCUT2D eigenvalue weighted by atomic mass is 9.89. The molecule has 9 nitrogen and oxygen atoms in total.